The van der Waals surface area contributed by atoms with E-state index < -0.39 is 5.60 Å². The summed E-state index contributed by atoms with van der Waals surface area (Å²) in [7, 11) is 3.49. The zero-order valence-corrected chi connectivity index (χ0v) is 20.6. The molecule has 178 valence electrons. The van der Waals surface area contributed by atoms with Gasteiger partial charge >= 0.3 is 0 Å². The van der Waals surface area contributed by atoms with Gasteiger partial charge in [-0.15, -0.1) is 0 Å². The summed E-state index contributed by atoms with van der Waals surface area (Å²) in [5.41, 5.74) is 2.30. The predicted molar refractivity (Wildman–Crippen MR) is 144 cm³/mol. The number of methoxy groups -OCH3 is 1. The van der Waals surface area contributed by atoms with E-state index in [-0.39, 0.29) is 11.2 Å². The highest BCUT2D eigenvalue weighted by Gasteiger charge is 2.37. The van der Waals surface area contributed by atoms with Crippen LogP contribution in [0.5, 0.6) is 11.5 Å². The van der Waals surface area contributed by atoms with Crippen molar-refractivity contribution in [2.24, 2.45) is 7.05 Å². The largest absolute Gasteiger partial charge is 0.496 e. The molecular weight excluding hydrogens is 450 g/mol. The number of carbonyl (C=O) groups excluding carboxylic acids is 1. The van der Waals surface area contributed by atoms with Gasteiger partial charge in [0, 0.05) is 35.2 Å². The van der Waals surface area contributed by atoms with E-state index in [1.54, 1.807) is 25.3 Å². The maximum Gasteiger partial charge on any atom is 0.201 e. The van der Waals surface area contributed by atoms with Gasteiger partial charge in [-0.1, -0.05) is 54.6 Å². The molecule has 0 atom stereocenters. The lowest BCUT2D eigenvalue weighted by Gasteiger charge is -2.34. The molecular formula is C31H25NO4. The Morgan fingerprint density at radius 3 is 2.31 bits per heavy atom. The van der Waals surface area contributed by atoms with Crippen LogP contribution in [0.3, 0.4) is 0 Å². The third-order valence-electron chi connectivity index (χ3n) is 7.10. The van der Waals surface area contributed by atoms with Crippen LogP contribution in [-0.4, -0.2) is 23.1 Å². The summed E-state index contributed by atoms with van der Waals surface area (Å²) < 4.78 is 14.1. The molecule has 0 fully saturated rings. The van der Waals surface area contributed by atoms with E-state index in [1.165, 1.54) is 0 Å². The first kappa shape index (κ1) is 22.1. The van der Waals surface area contributed by atoms with Gasteiger partial charge in [0.15, 0.2) is 5.78 Å². The van der Waals surface area contributed by atoms with E-state index in [4.69, 9.17) is 9.47 Å². The lowest BCUT2D eigenvalue weighted by molar-refractivity contribution is 0.0926. The molecule has 5 heteroatoms. The SMILES string of the molecule is COc1cc2c(c3c1c(=O)c1cc4ccccc4cc1n3C)C=C(C(=O)c1ccccc1)C(C)(C)O2. The van der Waals surface area contributed by atoms with Crippen molar-refractivity contribution in [3.05, 3.63) is 99.7 Å². The zero-order chi connectivity index (χ0) is 25.2. The minimum absolute atomic E-state index is 0.105. The highest BCUT2D eigenvalue weighted by Crippen LogP contribution is 2.44. The number of pyridine rings is 1. The smallest absolute Gasteiger partial charge is 0.201 e. The van der Waals surface area contributed by atoms with Crippen molar-refractivity contribution >= 4 is 44.4 Å². The van der Waals surface area contributed by atoms with E-state index in [9.17, 15) is 9.59 Å². The molecule has 6 rings (SSSR count). The van der Waals surface area contributed by atoms with Gasteiger partial charge in [0.2, 0.25) is 5.43 Å². The number of hydrogen-bond donors (Lipinski definition) is 0. The minimum atomic E-state index is -0.871. The van der Waals surface area contributed by atoms with Gasteiger partial charge in [-0.2, -0.15) is 0 Å². The van der Waals surface area contributed by atoms with E-state index in [1.807, 2.05) is 86.1 Å². The van der Waals surface area contributed by atoms with Crippen LogP contribution >= 0.6 is 0 Å². The Labute approximate surface area is 208 Å². The lowest BCUT2D eigenvalue weighted by Crippen LogP contribution is -2.37. The number of fused-ring (bicyclic) bond motifs is 5. The highest BCUT2D eigenvalue weighted by molar-refractivity contribution is 6.15. The number of rotatable bonds is 3. The molecule has 0 aliphatic carbocycles. The molecule has 0 bridgehead atoms. The summed E-state index contributed by atoms with van der Waals surface area (Å²) in [5, 5.41) is 3.12. The summed E-state index contributed by atoms with van der Waals surface area (Å²) in [6.07, 6.45) is 1.88. The molecule has 1 aromatic heterocycles. The fourth-order valence-electron chi connectivity index (χ4n) is 5.26. The van der Waals surface area contributed by atoms with Crippen molar-refractivity contribution < 1.29 is 14.3 Å². The molecule has 0 spiro atoms. The average Bonchev–Trinajstić information content (AvgIpc) is 2.89. The Kier molecular flexibility index (Phi) is 4.80. The second-order valence-electron chi connectivity index (χ2n) is 9.68. The zero-order valence-electron chi connectivity index (χ0n) is 20.6. The van der Waals surface area contributed by atoms with E-state index in [2.05, 4.69) is 0 Å². The second kappa shape index (κ2) is 7.82. The molecule has 1 aliphatic heterocycles. The third-order valence-corrected chi connectivity index (χ3v) is 7.10. The van der Waals surface area contributed by atoms with Gasteiger partial charge in [-0.05, 0) is 42.8 Å². The first-order valence-corrected chi connectivity index (χ1v) is 11.9. The van der Waals surface area contributed by atoms with Crippen LogP contribution < -0.4 is 14.9 Å². The van der Waals surface area contributed by atoms with Crippen LogP contribution in [-0.2, 0) is 7.05 Å². The predicted octanol–water partition coefficient (Wildman–Crippen LogP) is 6.29. The van der Waals surface area contributed by atoms with E-state index >= 15 is 0 Å². The van der Waals surface area contributed by atoms with Gasteiger partial charge in [0.05, 0.1) is 23.5 Å². The first-order valence-electron chi connectivity index (χ1n) is 11.9. The fourth-order valence-corrected chi connectivity index (χ4v) is 5.26. The van der Waals surface area contributed by atoms with Gasteiger partial charge in [-0.3, -0.25) is 9.59 Å². The maximum atomic E-state index is 13.9. The lowest BCUT2D eigenvalue weighted by atomic mass is 9.86. The molecule has 0 N–H and O–H groups in total. The van der Waals surface area contributed by atoms with Crippen molar-refractivity contribution in [2.45, 2.75) is 19.4 Å². The minimum Gasteiger partial charge on any atom is -0.496 e. The number of aromatic nitrogens is 1. The topological polar surface area (TPSA) is 57.5 Å². The molecule has 5 aromatic rings. The van der Waals surface area contributed by atoms with Crippen LogP contribution in [0.4, 0.5) is 0 Å². The molecule has 0 amide bonds. The summed E-state index contributed by atoms with van der Waals surface area (Å²) in [6.45, 7) is 3.76. The molecule has 36 heavy (non-hydrogen) atoms. The van der Waals surface area contributed by atoms with Crippen molar-refractivity contribution in [1.82, 2.24) is 4.57 Å². The van der Waals surface area contributed by atoms with Crippen LogP contribution in [0, 0.1) is 0 Å². The molecule has 0 radical (unpaired) electrons. The molecule has 5 nitrogen and oxygen atoms in total. The van der Waals surface area contributed by atoms with Crippen molar-refractivity contribution in [2.75, 3.05) is 7.11 Å². The Balaban J connectivity index is 1.73. The van der Waals surface area contributed by atoms with Crippen LogP contribution in [0.15, 0.2) is 83.2 Å². The number of Topliss-reactive ketones (excluding diaryl/α,β-unsaturated/α-hetero) is 1. The molecule has 4 aromatic carbocycles. The maximum absolute atomic E-state index is 13.9. The number of carbonyl (C=O) groups is 1. The Morgan fingerprint density at radius 1 is 0.944 bits per heavy atom. The second-order valence-corrected chi connectivity index (χ2v) is 9.68. The summed E-state index contributed by atoms with van der Waals surface area (Å²) in [6, 6.07) is 22.9. The van der Waals surface area contributed by atoms with Gasteiger partial charge < -0.3 is 14.0 Å². The standard InChI is InChI=1S/C31H25NO4/c1-31(2)23(29(33)18-10-6-5-7-11-18)16-22-25(36-31)17-26(35-4)27-28(22)32(3)24-15-20-13-9-8-12-19(20)14-21(24)30(27)34/h5-17H,1-4H3. The molecule has 2 heterocycles. The van der Waals surface area contributed by atoms with E-state index in [0.717, 1.165) is 16.3 Å². The van der Waals surface area contributed by atoms with Crippen LogP contribution in [0.2, 0.25) is 0 Å². The van der Waals surface area contributed by atoms with Crippen molar-refractivity contribution in [1.29, 1.82) is 0 Å². The Bertz CT molecular complexity index is 1810. The molecule has 0 unspecified atom stereocenters. The Hall–Kier alpha value is -4.38. The quantitative estimate of drug-likeness (QED) is 0.227. The van der Waals surface area contributed by atoms with E-state index in [0.29, 0.717) is 44.5 Å². The summed E-state index contributed by atoms with van der Waals surface area (Å²) in [5.74, 6) is 0.914. The average molecular weight is 476 g/mol. The van der Waals surface area contributed by atoms with Gasteiger partial charge in [0.1, 0.15) is 17.1 Å². The number of hydrogen-bond acceptors (Lipinski definition) is 4. The first-order chi connectivity index (χ1) is 17.3. The highest BCUT2D eigenvalue weighted by atomic mass is 16.5. The van der Waals surface area contributed by atoms with Gasteiger partial charge in [0.25, 0.3) is 0 Å². The summed E-state index contributed by atoms with van der Waals surface area (Å²) >= 11 is 0. The third kappa shape index (κ3) is 3.16. The van der Waals surface area contributed by atoms with Crippen LogP contribution in [0.25, 0.3) is 38.7 Å². The Morgan fingerprint density at radius 2 is 1.61 bits per heavy atom. The van der Waals surface area contributed by atoms with Crippen molar-refractivity contribution in [3.8, 4) is 11.5 Å². The molecule has 1 aliphatic rings. The number of benzene rings is 4. The number of aryl methyl sites for hydroxylation is 1. The number of nitrogens with zero attached hydrogens (tertiary/aromatic N) is 1. The monoisotopic (exact) mass is 475 g/mol. The normalized spacial score (nSPS) is 14.4. The fraction of sp³-hybridized carbons (Fsp3) is 0.161. The number of ketones is 1. The van der Waals surface area contributed by atoms with Crippen LogP contribution in [0.1, 0.15) is 29.8 Å². The number of ether oxygens (including phenoxy) is 2. The summed E-state index contributed by atoms with van der Waals surface area (Å²) in [4.78, 5) is 27.4. The molecule has 0 saturated heterocycles. The van der Waals surface area contributed by atoms with Crippen molar-refractivity contribution in [3.63, 3.8) is 0 Å². The van der Waals surface area contributed by atoms with Gasteiger partial charge in [-0.25, -0.2) is 0 Å². The molecule has 0 saturated carbocycles.